The molecule has 0 spiro atoms. The zero-order valence-electron chi connectivity index (χ0n) is 16.6. The minimum atomic E-state index is -3.32. The number of sulfone groups is 1. The molecule has 1 aromatic carbocycles. The van der Waals surface area contributed by atoms with Crippen LogP contribution in [0.4, 0.5) is 0 Å². The van der Waals surface area contributed by atoms with Crippen molar-refractivity contribution in [3.05, 3.63) is 54.3 Å². The maximum Gasteiger partial charge on any atom is 0.233 e. The van der Waals surface area contributed by atoms with Gasteiger partial charge in [-0.3, -0.25) is 9.78 Å². The van der Waals surface area contributed by atoms with Crippen molar-refractivity contribution in [1.82, 2.24) is 25.0 Å². The molecule has 3 heterocycles. The van der Waals surface area contributed by atoms with Crippen molar-refractivity contribution >= 4 is 15.7 Å². The van der Waals surface area contributed by atoms with Crippen molar-refractivity contribution in [3.8, 4) is 11.5 Å². The molecule has 4 rings (SSSR count). The molecule has 0 radical (unpaired) electrons. The Balaban J connectivity index is 1.33. The average Bonchev–Trinajstić information content (AvgIpc) is 3.17. The second kappa shape index (κ2) is 7.94. The Bertz CT molecular complexity index is 1140. The number of benzene rings is 1. The van der Waals surface area contributed by atoms with Crippen molar-refractivity contribution in [1.29, 1.82) is 0 Å². The fourth-order valence-corrected chi connectivity index (χ4v) is 4.17. The molecule has 0 aliphatic carbocycles. The molecule has 3 aromatic rings. The van der Waals surface area contributed by atoms with E-state index in [9.17, 15) is 13.2 Å². The zero-order chi connectivity index (χ0) is 21.3. The van der Waals surface area contributed by atoms with Crippen molar-refractivity contribution in [2.45, 2.75) is 36.3 Å². The van der Waals surface area contributed by atoms with Crippen LogP contribution in [0.1, 0.15) is 31.2 Å². The topological polar surface area (TPSA) is 119 Å². The standard InChI is InChI=1S/C20H21N5O4S/c1-13(2)30(27,28)16-5-3-14(4-6-16)9-18(26)25-11-15(12-25)20-23-19(24-29-20)17-10-21-7-8-22-17/h3-8,10,13,15H,9,11-12H2,1-2H3. The number of hydrogen-bond acceptors (Lipinski definition) is 8. The molecule has 0 unspecified atom stereocenters. The summed E-state index contributed by atoms with van der Waals surface area (Å²) in [6.45, 7) is 4.29. The van der Waals surface area contributed by atoms with Gasteiger partial charge < -0.3 is 9.42 Å². The fourth-order valence-electron chi connectivity index (χ4n) is 3.11. The normalized spacial score (nSPS) is 14.7. The van der Waals surface area contributed by atoms with E-state index < -0.39 is 15.1 Å². The minimum Gasteiger partial charge on any atom is -0.341 e. The van der Waals surface area contributed by atoms with Crippen LogP contribution in [0.25, 0.3) is 11.5 Å². The van der Waals surface area contributed by atoms with Gasteiger partial charge in [0.1, 0.15) is 5.69 Å². The summed E-state index contributed by atoms with van der Waals surface area (Å²) in [5, 5.41) is 3.44. The monoisotopic (exact) mass is 427 g/mol. The predicted molar refractivity (Wildman–Crippen MR) is 107 cm³/mol. The maximum absolute atomic E-state index is 12.5. The van der Waals surface area contributed by atoms with Crippen LogP contribution in [0.15, 0.2) is 52.3 Å². The van der Waals surface area contributed by atoms with Gasteiger partial charge in [-0.15, -0.1) is 0 Å². The van der Waals surface area contributed by atoms with E-state index in [-0.39, 0.29) is 23.1 Å². The summed E-state index contributed by atoms with van der Waals surface area (Å²) in [5.74, 6) is 0.812. The molecule has 0 bridgehead atoms. The quantitative estimate of drug-likeness (QED) is 0.585. The van der Waals surface area contributed by atoms with Gasteiger partial charge in [-0.2, -0.15) is 4.98 Å². The lowest BCUT2D eigenvalue weighted by Crippen LogP contribution is -2.49. The van der Waals surface area contributed by atoms with Gasteiger partial charge in [0.2, 0.25) is 17.6 Å². The number of amides is 1. The maximum atomic E-state index is 12.5. The molecule has 1 fully saturated rings. The van der Waals surface area contributed by atoms with Gasteiger partial charge in [-0.05, 0) is 31.5 Å². The van der Waals surface area contributed by atoms with Crippen molar-refractivity contribution in [2.24, 2.45) is 0 Å². The second-order valence-electron chi connectivity index (χ2n) is 7.46. The van der Waals surface area contributed by atoms with Crippen molar-refractivity contribution < 1.29 is 17.7 Å². The van der Waals surface area contributed by atoms with Gasteiger partial charge in [0, 0.05) is 25.5 Å². The van der Waals surface area contributed by atoms with Crippen molar-refractivity contribution in [3.63, 3.8) is 0 Å². The number of likely N-dealkylation sites (tertiary alicyclic amines) is 1. The summed E-state index contributed by atoms with van der Waals surface area (Å²) >= 11 is 0. The SMILES string of the molecule is CC(C)S(=O)(=O)c1ccc(CC(=O)N2CC(c3nc(-c4cnccn4)no3)C2)cc1. The molecule has 1 aliphatic heterocycles. The van der Waals surface area contributed by atoms with E-state index in [1.807, 2.05) is 0 Å². The molecule has 0 atom stereocenters. The molecule has 156 valence electrons. The first-order valence-electron chi connectivity index (χ1n) is 9.55. The third-order valence-corrected chi connectivity index (χ3v) is 7.22. The molecule has 1 aliphatic rings. The number of aromatic nitrogens is 4. The number of nitrogens with zero attached hydrogens (tertiary/aromatic N) is 5. The highest BCUT2D eigenvalue weighted by Crippen LogP contribution is 2.28. The fraction of sp³-hybridized carbons (Fsp3) is 0.350. The Morgan fingerprint density at radius 2 is 1.93 bits per heavy atom. The third-order valence-electron chi connectivity index (χ3n) is 5.05. The minimum absolute atomic E-state index is 0.00886. The molecule has 1 saturated heterocycles. The first-order chi connectivity index (χ1) is 14.3. The van der Waals surface area contributed by atoms with Gasteiger partial charge in [0.15, 0.2) is 9.84 Å². The van der Waals surface area contributed by atoms with Gasteiger partial charge in [-0.25, -0.2) is 13.4 Å². The summed E-state index contributed by atoms with van der Waals surface area (Å²) in [5.41, 5.74) is 1.30. The van der Waals surface area contributed by atoms with E-state index >= 15 is 0 Å². The van der Waals surface area contributed by atoms with E-state index in [1.54, 1.807) is 61.6 Å². The van der Waals surface area contributed by atoms with Gasteiger partial charge in [-0.1, -0.05) is 17.3 Å². The van der Waals surface area contributed by atoms with Crippen LogP contribution < -0.4 is 0 Å². The summed E-state index contributed by atoms with van der Waals surface area (Å²) in [4.78, 5) is 27.0. The van der Waals surface area contributed by atoms with Gasteiger partial charge in [0.05, 0.1) is 28.7 Å². The second-order valence-corrected chi connectivity index (χ2v) is 9.96. The van der Waals surface area contributed by atoms with E-state index in [0.29, 0.717) is 30.5 Å². The zero-order valence-corrected chi connectivity index (χ0v) is 17.4. The Morgan fingerprint density at radius 1 is 1.20 bits per heavy atom. The highest BCUT2D eigenvalue weighted by Gasteiger charge is 2.35. The number of carbonyl (C=O) groups is 1. The number of carbonyl (C=O) groups excluding carboxylic acids is 1. The molecule has 30 heavy (non-hydrogen) atoms. The highest BCUT2D eigenvalue weighted by molar-refractivity contribution is 7.92. The molecular weight excluding hydrogens is 406 g/mol. The van der Waals surface area contributed by atoms with Crippen LogP contribution in [0, 0.1) is 0 Å². The molecule has 10 heteroatoms. The predicted octanol–water partition coefficient (Wildman–Crippen LogP) is 1.88. The average molecular weight is 427 g/mol. The lowest BCUT2D eigenvalue weighted by Gasteiger charge is -2.37. The molecule has 0 saturated carbocycles. The Hall–Kier alpha value is -3.14. The summed E-state index contributed by atoms with van der Waals surface area (Å²) < 4.78 is 29.7. The summed E-state index contributed by atoms with van der Waals surface area (Å²) in [7, 11) is -3.32. The number of rotatable bonds is 6. The van der Waals surface area contributed by atoms with Crippen molar-refractivity contribution in [2.75, 3.05) is 13.1 Å². The molecule has 2 aromatic heterocycles. The molecule has 9 nitrogen and oxygen atoms in total. The van der Waals surface area contributed by atoms with Crippen LogP contribution >= 0.6 is 0 Å². The van der Waals surface area contributed by atoms with E-state index in [1.165, 1.54) is 0 Å². The summed E-state index contributed by atoms with van der Waals surface area (Å²) in [6.07, 6.45) is 4.89. The van der Waals surface area contributed by atoms with E-state index in [4.69, 9.17) is 4.52 Å². The van der Waals surface area contributed by atoms with E-state index in [2.05, 4.69) is 20.1 Å². The Kier molecular flexibility index (Phi) is 5.33. The number of hydrogen-bond donors (Lipinski definition) is 0. The van der Waals surface area contributed by atoms with Gasteiger partial charge in [0.25, 0.3) is 0 Å². The van der Waals surface area contributed by atoms with Crippen LogP contribution in [0.2, 0.25) is 0 Å². The lowest BCUT2D eigenvalue weighted by molar-refractivity contribution is -0.135. The summed E-state index contributed by atoms with van der Waals surface area (Å²) in [6, 6.07) is 6.50. The van der Waals surface area contributed by atoms with Crippen LogP contribution in [-0.2, 0) is 21.1 Å². The first-order valence-corrected chi connectivity index (χ1v) is 11.1. The third kappa shape index (κ3) is 3.95. The molecule has 0 N–H and O–H groups in total. The van der Waals surface area contributed by atoms with Gasteiger partial charge >= 0.3 is 0 Å². The van der Waals surface area contributed by atoms with E-state index in [0.717, 1.165) is 5.56 Å². The largest absolute Gasteiger partial charge is 0.341 e. The molecule has 1 amide bonds. The smallest absolute Gasteiger partial charge is 0.233 e. The Labute approximate surface area is 174 Å². The Morgan fingerprint density at radius 3 is 2.57 bits per heavy atom. The lowest BCUT2D eigenvalue weighted by atomic mass is 9.99. The van der Waals surface area contributed by atoms with Crippen LogP contribution in [-0.4, -0.2) is 57.7 Å². The van der Waals surface area contributed by atoms with Crippen LogP contribution in [0.3, 0.4) is 0 Å². The first kappa shape index (κ1) is 20.1. The molecular formula is C20H21N5O4S. The van der Waals surface area contributed by atoms with Crippen LogP contribution in [0.5, 0.6) is 0 Å². The highest BCUT2D eigenvalue weighted by atomic mass is 32.2.